The molecule has 7 nitrogen and oxygen atoms in total. The zero-order valence-corrected chi connectivity index (χ0v) is 16.7. The molecule has 9 heteroatoms. The third-order valence-electron chi connectivity index (χ3n) is 3.88. The van der Waals surface area contributed by atoms with Gasteiger partial charge in [0.1, 0.15) is 17.6 Å². The van der Waals surface area contributed by atoms with E-state index in [9.17, 15) is 4.79 Å². The maximum absolute atomic E-state index is 12.4. The molecule has 2 unspecified atom stereocenters. The van der Waals surface area contributed by atoms with Crippen molar-refractivity contribution >= 4 is 30.7 Å². The minimum atomic E-state index is -0.362. The number of carbonyl (C=O) groups is 1. The van der Waals surface area contributed by atoms with Crippen LogP contribution in [0.5, 0.6) is 5.75 Å². The van der Waals surface area contributed by atoms with Crippen molar-refractivity contribution in [2.45, 2.75) is 18.6 Å². The van der Waals surface area contributed by atoms with Crippen LogP contribution >= 0.6 is 24.8 Å². The fourth-order valence-electron chi connectivity index (χ4n) is 2.44. The second-order valence-electron chi connectivity index (χ2n) is 5.47. The number of benzene rings is 1. The lowest BCUT2D eigenvalue weighted by atomic mass is 10.1. The van der Waals surface area contributed by atoms with E-state index < -0.39 is 0 Å². The molecule has 1 aromatic carbocycles. The summed E-state index contributed by atoms with van der Waals surface area (Å²) in [5.74, 6) is 1.36. The third-order valence-corrected chi connectivity index (χ3v) is 3.88. The number of amides is 1. The molecule has 0 saturated carbocycles. The molecule has 146 valence electrons. The smallest absolute Gasteiger partial charge is 0.223 e. The number of nitrogens with zero attached hydrogens (tertiary/aromatic N) is 2. The molecule has 2 rings (SSSR count). The van der Waals surface area contributed by atoms with E-state index in [0.717, 1.165) is 17.1 Å². The van der Waals surface area contributed by atoms with E-state index in [1.165, 1.54) is 0 Å². The summed E-state index contributed by atoms with van der Waals surface area (Å²) in [7, 11) is 5.05. The Morgan fingerprint density at radius 3 is 2.38 bits per heavy atom. The number of carbonyl (C=O) groups excluding carboxylic acids is 1. The monoisotopic (exact) mass is 404 g/mol. The Bertz CT molecular complexity index is 660. The Labute approximate surface area is 166 Å². The zero-order valence-electron chi connectivity index (χ0n) is 15.0. The van der Waals surface area contributed by atoms with Gasteiger partial charge in [-0.25, -0.2) is 4.98 Å². The van der Waals surface area contributed by atoms with Gasteiger partial charge >= 0.3 is 0 Å². The molecule has 0 saturated heterocycles. The molecule has 2 aromatic rings. The molecular formula is C17H26Cl2N4O3. The van der Waals surface area contributed by atoms with Crippen LogP contribution in [0.3, 0.4) is 0 Å². The number of rotatable bonds is 8. The van der Waals surface area contributed by atoms with Crippen LogP contribution < -0.4 is 15.8 Å². The van der Waals surface area contributed by atoms with Crippen LogP contribution in [0.2, 0.25) is 0 Å². The zero-order chi connectivity index (χ0) is 17.5. The number of nitrogens with one attached hydrogen (secondary N) is 1. The Hall–Kier alpha value is -1.80. The fourth-order valence-corrected chi connectivity index (χ4v) is 2.44. The minimum absolute atomic E-state index is 0. The predicted octanol–water partition coefficient (Wildman–Crippen LogP) is 1.84. The largest absolute Gasteiger partial charge is 0.497 e. The third kappa shape index (κ3) is 6.17. The van der Waals surface area contributed by atoms with Crippen LogP contribution in [0.1, 0.15) is 23.9 Å². The number of hydrogen-bond donors (Lipinski definition) is 2. The summed E-state index contributed by atoms with van der Waals surface area (Å²) < 4.78 is 12.2. The number of aryl methyl sites for hydroxylation is 1. The first-order valence-electron chi connectivity index (χ1n) is 7.72. The molecule has 3 N–H and O–H groups in total. The standard InChI is InChI=1S/C17H24N4O3.2ClH/c1-21-9-8-19-17(21)16(12-4-6-13(23-2)7-5-12)20-15(22)10-14(11-18)24-3;;/h4-9,14,16H,10-11,18H2,1-3H3,(H,20,22);2*1H. The quantitative estimate of drug-likeness (QED) is 0.700. The van der Waals surface area contributed by atoms with Crippen LogP contribution in [-0.2, 0) is 16.6 Å². The SMILES string of the molecule is COc1ccc(C(NC(=O)CC(CN)OC)c2nccn2C)cc1.Cl.Cl. The molecule has 0 aliphatic rings. The normalized spacial score (nSPS) is 12.3. The van der Waals surface area contributed by atoms with Crippen molar-refractivity contribution in [1.29, 1.82) is 0 Å². The fraction of sp³-hybridized carbons (Fsp3) is 0.412. The number of imidazole rings is 1. The summed E-state index contributed by atoms with van der Waals surface area (Å²) in [6.45, 7) is 0.291. The summed E-state index contributed by atoms with van der Waals surface area (Å²) in [6.07, 6.45) is 3.44. The van der Waals surface area contributed by atoms with E-state index in [0.29, 0.717) is 6.54 Å². The second-order valence-corrected chi connectivity index (χ2v) is 5.47. The summed E-state index contributed by atoms with van der Waals surface area (Å²) in [6, 6.07) is 7.17. The maximum atomic E-state index is 12.4. The number of ether oxygens (including phenoxy) is 2. The van der Waals surface area contributed by atoms with Gasteiger partial charge in [-0.1, -0.05) is 12.1 Å². The Morgan fingerprint density at radius 1 is 1.27 bits per heavy atom. The summed E-state index contributed by atoms with van der Waals surface area (Å²) in [4.78, 5) is 16.7. The van der Waals surface area contributed by atoms with Gasteiger partial charge in [0.15, 0.2) is 0 Å². The van der Waals surface area contributed by atoms with Crippen LogP contribution in [0.25, 0.3) is 0 Å². The van der Waals surface area contributed by atoms with Crippen LogP contribution in [0.15, 0.2) is 36.7 Å². The highest BCUT2D eigenvalue weighted by Crippen LogP contribution is 2.23. The van der Waals surface area contributed by atoms with Gasteiger partial charge in [-0.15, -0.1) is 24.8 Å². The number of nitrogens with two attached hydrogens (primary N) is 1. The van der Waals surface area contributed by atoms with Crippen LogP contribution in [0.4, 0.5) is 0 Å². The van der Waals surface area contributed by atoms with Crippen molar-refractivity contribution in [1.82, 2.24) is 14.9 Å². The Balaban J connectivity index is 0.00000312. The first-order chi connectivity index (χ1) is 11.6. The number of hydrogen-bond acceptors (Lipinski definition) is 5. The van der Waals surface area contributed by atoms with Crippen molar-refractivity contribution in [3.8, 4) is 5.75 Å². The first-order valence-corrected chi connectivity index (χ1v) is 7.72. The average Bonchev–Trinajstić information content (AvgIpc) is 3.03. The second kappa shape index (κ2) is 11.7. The lowest BCUT2D eigenvalue weighted by molar-refractivity contribution is -0.123. The molecule has 0 bridgehead atoms. The van der Waals surface area contributed by atoms with Crippen molar-refractivity contribution in [2.24, 2.45) is 12.8 Å². The van der Waals surface area contributed by atoms with E-state index >= 15 is 0 Å². The first kappa shape index (κ1) is 24.2. The summed E-state index contributed by atoms with van der Waals surface area (Å²) >= 11 is 0. The molecule has 0 aliphatic heterocycles. The van der Waals surface area contributed by atoms with Gasteiger partial charge in [0.25, 0.3) is 0 Å². The van der Waals surface area contributed by atoms with Crippen molar-refractivity contribution in [3.05, 3.63) is 48.0 Å². The van der Waals surface area contributed by atoms with E-state index in [2.05, 4.69) is 10.3 Å². The van der Waals surface area contributed by atoms with Crippen molar-refractivity contribution < 1.29 is 14.3 Å². The highest BCUT2D eigenvalue weighted by Gasteiger charge is 2.22. The number of methoxy groups -OCH3 is 2. The lowest BCUT2D eigenvalue weighted by Gasteiger charge is -2.21. The van der Waals surface area contributed by atoms with Crippen LogP contribution in [-0.4, -0.2) is 42.3 Å². The summed E-state index contributed by atoms with van der Waals surface area (Å²) in [5.41, 5.74) is 6.51. The minimum Gasteiger partial charge on any atom is -0.497 e. The van der Waals surface area contributed by atoms with Gasteiger partial charge in [-0.2, -0.15) is 0 Å². The number of halogens is 2. The van der Waals surface area contributed by atoms with E-state index in [-0.39, 0.29) is 49.3 Å². The molecule has 0 spiro atoms. The van der Waals surface area contributed by atoms with Crippen molar-refractivity contribution in [2.75, 3.05) is 20.8 Å². The highest BCUT2D eigenvalue weighted by atomic mass is 35.5. The van der Waals surface area contributed by atoms with E-state index in [1.807, 2.05) is 42.1 Å². The molecule has 2 atom stereocenters. The van der Waals surface area contributed by atoms with E-state index in [4.69, 9.17) is 15.2 Å². The highest BCUT2D eigenvalue weighted by molar-refractivity contribution is 5.85. The average molecular weight is 405 g/mol. The predicted molar refractivity (Wildman–Crippen MR) is 105 cm³/mol. The molecule has 1 aromatic heterocycles. The lowest BCUT2D eigenvalue weighted by Crippen LogP contribution is -2.35. The number of aromatic nitrogens is 2. The molecule has 0 fully saturated rings. The van der Waals surface area contributed by atoms with Gasteiger partial charge in [0.2, 0.25) is 5.91 Å². The van der Waals surface area contributed by atoms with Gasteiger partial charge < -0.3 is 25.1 Å². The summed E-state index contributed by atoms with van der Waals surface area (Å²) in [5, 5.41) is 3.01. The Kier molecular flexibility index (Phi) is 10.9. The molecule has 0 aliphatic carbocycles. The van der Waals surface area contributed by atoms with Crippen LogP contribution in [0, 0.1) is 0 Å². The molecular weight excluding hydrogens is 379 g/mol. The van der Waals surface area contributed by atoms with Gasteiger partial charge in [-0.3, -0.25) is 4.79 Å². The van der Waals surface area contributed by atoms with Gasteiger partial charge in [0, 0.05) is 33.1 Å². The van der Waals surface area contributed by atoms with Gasteiger partial charge in [-0.05, 0) is 17.7 Å². The maximum Gasteiger partial charge on any atom is 0.223 e. The topological polar surface area (TPSA) is 91.4 Å². The van der Waals surface area contributed by atoms with Crippen molar-refractivity contribution in [3.63, 3.8) is 0 Å². The molecule has 0 radical (unpaired) electrons. The Morgan fingerprint density at radius 2 is 1.92 bits per heavy atom. The van der Waals surface area contributed by atoms with E-state index in [1.54, 1.807) is 20.4 Å². The van der Waals surface area contributed by atoms with Gasteiger partial charge in [0.05, 0.1) is 19.6 Å². The molecule has 1 amide bonds. The molecule has 1 heterocycles. The molecule has 26 heavy (non-hydrogen) atoms.